The third-order valence-electron chi connectivity index (χ3n) is 10.0. The lowest BCUT2D eigenvalue weighted by Crippen LogP contribution is -2.23. The Hall–Kier alpha value is -2.55. The number of nitrogens with zero attached hydrogens (tertiary/aromatic N) is 1. The molecule has 1 rings (SSSR count). The number of hydrogen-bond donors (Lipinski definition) is 0. The number of carbonyl (C=O) groups is 3. The summed E-state index contributed by atoms with van der Waals surface area (Å²) in [5.41, 5.74) is 0. The van der Waals surface area contributed by atoms with Gasteiger partial charge in [-0.25, -0.2) is 9.59 Å². The molecule has 0 spiro atoms. The van der Waals surface area contributed by atoms with Gasteiger partial charge >= 0.3 is 18.3 Å². The maximum Gasteiger partial charge on any atom is 0.508 e. The molecule has 314 valence electrons. The summed E-state index contributed by atoms with van der Waals surface area (Å²) in [5, 5.41) is 0. The Morgan fingerprint density at radius 3 is 1.44 bits per heavy atom. The van der Waals surface area contributed by atoms with Crippen LogP contribution in [0.25, 0.3) is 0 Å². The molecule has 0 aliphatic carbocycles. The predicted molar refractivity (Wildman–Crippen MR) is 220 cm³/mol. The lowest BCUT2D eigenvalue weighted by molar-refractivity contribution is -0.150. The minimum absolute atomic E-state index is 0.00471. The van der Waals surface area contributed by atoms with Crippen LogP contribution in [0, 0.1) is 0 Å². The third-order valence-corrected chi connectivity index (χ3v) is 10.0. The van der Waals surface area contributed by atoms with Crippen molar-refractivity contribution in [3.63, 3.8) is 0 Å². The van der Waals surface area contributed by atoms with E-state index in [-0.39, 0.29) is 25.3 Å². The van der Waals surface area contributed by atoms with Gasteiger partial charge in [0.05, 0.1) is 13.2 Å². The highest BCUT2D eigenvalue weighted by atomic mass is 16.7. The highest BCUT2D eigenvalue weighted by molar-refractivity contribution is 5.69. The second-order valence-corrected chi connectivity index (χ2v) is 15.0. The number of ether oxygens (including phenoxy) is 5. The molecule has 0 bridgehead atoms. The fourth-order valence-electron chi connectivity index (χ4n) is 6.70. The fourth-order valence-corrected chi connectivity index (χ4v) is 6.70. The topological polar surface area (TPSA) is 101 Å². The van der Waals surface area contributed by atoms with Gasteiger partial charge in [0, 0.05) is 6.42 Å². The predicted octanol–water partition coefficient (Wildman–Crippen LogP) is 12.6. The summed E-state index contributed by atoms with van der Waals surface area (Å²) in [4.78, 5) is 38.7. The Morgan fingerprint density at radius 1 is 0.519 bits per heavy atom. The largest absolute Gasteiger partial charge is 0.508 e. The molecule has 0 amide bonds. The van der Waals surface area contributed by atoms with E-state index in [2.05, 4.69) is 30.9 Å². The van der Waals surface area contributed by atoms with Gasteiger partial charge in [0.25, 0.3) is 0 Å². The van der Waals surface area contributed by atoms with E-state index in [1.54, 1.807) is 0 Å². The first-order valence-electron chi connectivity index (χ1n) is 22.4. The van der Waals surface area contributed by atoms with Crippen molar-refractivity contribution >= 4 is 18.3 Å². The van der Waals surface area contributed by atoms with Gasteiger partial charge < -0.3 is 28.6 Å². The zero-order valence-corrected chi connectivity index (χ0v) is 34.8. The summed E-state index contributed by atoms with van der Waals surface area (Å²) in [6, 6.07) is 0. The molecule has 0 aromatic carbocycles. The number of esters is 1. The molecular formula is C45H81NO8. The fraction of sp³-hybridized carbons (Fsp3) is 0.844. The van der Waals surface area contributed by atoms with Crippen molar-refractivity contribution in [3.05, 3.63) is 24.3 Å². The minimum atomic E-state index is -0.585. The van der Waals surface area contributed by atoms with E-state index >= 15 is 0 Å². The van der Waals surface area contributed by atoms with E-state index in [0.717, 1.165) is 129 Å². The molecule has 9 heteroatoms. The van der Waals surface area contributed by atoms with Crippen molar-refractivity contribution in [1.29, 1.82) is 0 Å². The molecule has 1 aliphatic rings. The number of rotatable bonds is 37. The molecule has 0 saturated carbocycles. The number of hydrogen-bond acceptors (Lipinski definition) is 9. The van der Waals surface area contributed by atoms with Crippen LogP contribution in [-0.4, -0.2) is 75.3 Å². The zero-order valence-electron chi connectivity index (χ0n) is 34.8. The maximum atomic E-state index is 12.7. The van der Waals surface area contributed by atoms with Gasteiger partial charge in [-0.15, -0.1) is 0 Å². The van der Waals surface area contributed by atoms with E-state index in [1.165, 1.54) is 64.2 Å². The molecule has 0 radical (unpaired) electrons. The number of likely N-dealkylation sites (tertiary alicyclic amines) is 1. The molecule has 0 N–H and O–H groups in total. The minimum Gasteiger partial charge on any atom is -0.462 e. The SMILES string of the molecule is CCCCCCC=CCOC(=O)OCCCCCCCCC(CCCCCCCCOC(=O)OCC=CCCCCCC)OC(=O)CCCN1CCCC1. The standard InChI is InChI=1S/C45H81NO8/c1-3-5-7-9-13-19-27-38-50-44(48)52-40-29-21-15-11-17-23-32-42(54-43(47)34-31-37-46-35-25-26-36-46)33-24-18-12-16-22-30-41-53-45(49)51-39-28-20-14-10-8-6-4-2/h19-20,27-28,42H,3-18,21-26,29-41H2,1-2H3. The van der Waals surface area contributed by atoms with Crippen LogP contribution in [0.2, 0.25) is 0 Å². The lowest BCUT2D eigenvalue weighted by atomic mass is 10.0. The molecule has 1 saturated heterocycles. The van der Waals surface area contributed by atoms with Gasteiger partial charge in [0.15, 0.2) is 0 Å². The summed E-state index contributed by atoms with van der Waals surface area (Å²) in [6.45, 7) is 9.06. The number of carbonyl (C=O) groups excluding carboxylic acids is 3. The van der Waals surface area contributed by atoms with Crippen molar-refractivity contribution in [2.75, 3.05) is 46.1 Å². The van der Waals surface area contributed by atoms with Gasteiger partial charge in [0.2, 0.25) is 0 Å². The summed E-state index contributed by atoms with van der Waals surface area (Å²) in [7, 11) is 0. The van der Waals surface area contributed by atoms with Crippen LogP contribution in [0.1, 0.15) is 194 Å². The van der Waals surface area contributed by atoms with Crippen LogP contribution in [-0.2, 0) is 28.5 Å². The van der Waals surface area contributed by atoms with E-state index in [1.807, 2.05) is 12.2 Å². The van der Waals surface area contributed by atoms with Crippen molar-refractivity contribution in [3.8, 4) is 0 Å². The first kappa shape index (κ1) is 49.5. The average Bonchev–Trinajstić information content (AvgIpc) is 3.69. The highest BCUT2D eigenvalue weighted by Gasteiger charge is 2.16. The molecule has 1 fully saturated rings. The smallest absolute Gasteiger partial charge is 0.462 e. The third kappa shape index (κ3) is 34.0. The van der Waals surface area contributed by atoms with Crippen molar-refractivity contribution in [2.24, 2.45) is 0 Å². The first-order chi connectivity index (χ1) is 26.5. The summed E-state index contributed by atoms with van der Waals surface area (Å²) in [6.07, 6.45) is 37.0. The average molecular weight is 764 g/mol. The van der Waals surface area contributed by atoms with Crippen LogP contribution >= 0.6 is 0 Å². The second kappa shape index (κ2) is 38.7. The second-order valence-electron chi connectivity index (χ2n) is 15.0. The first-order valence-corrected chi connectivity index (χ1v) is 22.4. The molecular weight excluding hydrogens is 682 g/mol. The van der Waals surface area contributed by atoms with Gasteiger partial charge in [-0.2, -0.15) is 0 Å². The Bertz CT molecular complexity index is 877. The normalized spacial score (nSPS) is 13.8. The Labute approximate surface area is 330 Å². The van der Waals surface area contributed by atoms with Gasteiger partial charge in [-0.05, 0) is 103 Å². The van der Waals surface area contributed by atoms with E-state index < -0.39 is 12.3 Å². The highest BCUT2D eigenvalue weighted by Crippen LogP contribution is 2.18. The quantitative estimate of drug-likeness (QED) is 0.0265. The van der Waals surface area contributed by atoms with E-state index in [9.17, 15) is 14.4 Å². The summed E-state index contributed by atoms with van der Waals surface area (Å²) >= 11 is 0. The molecule has 0 unspecified atom stereocenters. The zero-order chi connectivity index (χ0) is 39.0. The molecule has 54 heavy (non-hydrogen) atoms. The van der Waals surface area contributed by atoms with Crippen LogP contribution < -0.4 is 0 Å². The lowest BCUT2D eigenvalue weighted by Gasteiger charge is -2.19. The molecule has 0 aromatic rings. The van der Waals surface area contributed by atoms with Crippen molar-refractivity contribution in [2.45, 2.75) is 200 Å². The maximum absolute atomic E-state index is 12.7. The Kier molecular flexibility index (Phi) is 35.5. The van der Waals surface area contributed by atoms with Crippen molar-refractivity contribution < 1.29 is 38.1 Å². The Balaban J connectivity index is 2.14. The van der Waals surface area contributed by atoms with Crippen LogP contribution in [0.3, 0.4) is 0 Å². The van der Waals surface area contributed by atoms with Crippen LogP contribution in [0.4, 0.5) is 9.59 Å². The van der Waals surface area contributed by atoms with E-state index in [4.69, 9.17) is 23.7 Å². The molecule has 1 heterocycles. The van der Waals surface area contributed by atoms with Crippen molar-refractivity contribution in [1.82, 2.24) is 4.90 Å². The molecule has 0 aromatic heterocycles. The van der Waals surface area contributed by atoms with Gasteiger partial charge in [-0.3, -0.25) is 4.79 Å². The number of allylic oxidation sites excluding steroid dienone is 2. The van der Waals surface area contributed by atoms with Gasteiger partial charge in [0.1, 0.15) is 19.3 Å². The number of unbranched alkanes of at least 4 members (excludes halogenated alkanes) is 18. The summed E-state index contributed by atoms with van der Waals surface area (Å²) < 4.78 is 26.6. The molecule has 0 atom stereocenters. The van der Waals surface area contributed by atoms with Gasteiger partial charge in [-0.1, -0.05) is 128 Å². The monoisotopic (exact) mass is 764 g/mol. The molecule has 1 aliphatic heterocycles. The van der Waals surface area contributed by atoms with E-state index in [0.29, 0.717) is 19.6 Å². The van der Waals surface area contributed by atoms with Crippen LogP contribution in [0.15, 0.2) is 24.3 Å². The Morgan fingerprint density at radius 2 is 0.963 bits per heavy atom. The van der Waals surface area contributed by atoms with Crippen LogP contribution in [0.5, 0.6) is 0 Å². The summed E-state index contributed by atoms with van der Waals surface area (Å²) in [5.74, 6) is -0.0480. The molecule has 9 nitrogen and oxygen atoms in total.